The highest BCUT2D eigenvalue weighted by atomic mass is 19.1. The number of hydrogen-bond donors (Lipinski definition) is 0. The number of ether oxygens (including phenoxy) is 2. The zero-order valence-electron chi connectivity index (χ0n) is 9.39. The Hall–Kier alpha value is -2.10. The van der Waals surface area contributed by atoms with E-state index < -0.39 is 5.95 Å². The average Bonchev–Trinajstić information content (AvgIpc) is 2.32. The number of benzene rings is 1. The van der Waals surface area contributed by atoms with E-state index in [-0.39, 0.29) is 0 Å². The Morgan fingerprint density at radius 1 is 1.06 bits per heavy atom. The van der Waals surface area contributed by atoms with Crippen LogP contribution in [0.4, 0.5) is 4.39 Å². The predicted octanol–water partition coefficient (Wildman–Crippen LogP) is 3.41. The van der Waals surface area contributed by atoms with Crippen molar-refractivity contribution in [3.8, 4) is 17.2 Å². The quantitative estimate of drug-likeness (QED) is 0.758. The van der Waals surface area contributed by atoms with Crippen LogP contribution in [0.5, 0.6) is 17.2 Å². The van der Waals surface area contributed by atoms with E-state index in [4.69, 9.17) is 9.47 Å². The zero-order chi connectivity index (χ0) is 12.1. The second kappa shape index (κ2) is 5.30. The molecule has 0 saturated carbocycles. The molecule has 0 atom stereocenters. The summed E-state index contributed by atoms with van der Waals surface area (Å²) in [6.45, 7) is 2.54. The van der Waals surface area contributed by atoms with Crippen LogP contribution in [0.2, 0.25) is 0 Å². The van der Waals surface area contributed by atoms with E-state index in [0.717, 1.165) is 5.75 Å². The molecule has 0 saturated heterocycles. The van der Waals surface area contributed by atoms with Crippen LogP contribution in [0.1, 0.15) is 6.92 Å². The fourth-order valence-electron chi connectivity index (χ4n) is 1.35. The van der Waals surface area contributed by atoms with Crippen molar-refractivity contribution in [1.82, 2.24) is 4.98 Å². The molecule has 0 aliphatic heterocycles. The molecule has 3 nitrogen and oxygen atoms in total. The van der Waals surface area contributed by atoms with Crippen molar-refractivity contribution in [1.29, 1.82) is 0 Å². The predicted molar refractivity (Wildman–Crippen MR) is 61.9 cm³/mol. The molecule has 1 aromatic heterocycles. The maximum atomic E-state index is 12.8. The van der Waals surface area contributed by atoms with Crippen molar-refractivity contribution >= 4 is 0 Å². The fraction of sp³-hybridized carbons (Fsp3) is 0.154. The second-order valence-corrected chi connectivity index (χ2v) is 3.32. The molecule has 88 valence electrons. The number of halogens is 1. The largest absolute Gasteiger partial charge is 0.494 e. The summed E-state index contributed by atoms with van der Waals surface area (Å²) in [5.41, 5.74) is 0. The summed E-state index contributed by atoms with van der Waals surface area (Å²) in [6.07, 6.45) is 1.36. The van der Waals surface area contributed by atoms with Crippen molar-refractivity contribution in [3.63, 3.8) is 0 Å². The third kappa shape index (κ3) is 3.17. The molecule has 0 aliphatic rings. The Bertz CT molecular complexity index is 485. The van der Waals surface area contributed by atoms with Gasteiger partial charge in [0.2, 0.25) is 5.95 Å². The van der Waals surface area contributed by atoms with Gasteiger partial charge in [0.05, 0.1) is 6.61 Å². The maximum absolute atomic E-state index is 12.8. The molecule has 0 fully saturated rings. The third-order valence-electron chi connectivity index (χ3n) is 2.07. The Balaban J connectivity index is 2.08. The summed E-state index contributed by atoms with van der Waals surface area (Å²) in [7, 11) is 0. The van der Waals surface area contributed by atoms with Crippen molar-refractivity contribution < 1.29 is 13.9 Å². The van der Waals surface area contributed by atoms with E-state index in [1.807, 2.05) is 6.92 Å². The number of nitrogens with zero attached hydrogens (tertiary/aromatic N) is 1. The van der Waals surface area contributed by atoms with Crippen LogP contribution in [0, 0.1) is 5.95 Å². The smallest absolute Gasteiger partial charge is 0.216 e. The molecule has 2 aromatic rings. The molecular weight excluding hydrogens is 221 g/mol. The van der Waals surface area contributed by atoms with E-state index in [9.17, 15) is 4.39 Å². The van der Waals surface area contributed by atoms with Crippen molar-refractivity contribution in [2.24, 2.45) is 0 Å². The Morgan fingerprint density at radius 3 is 2.41 bits per heavy atom. The Kier molecular flexibility index (Phi) is 3.55. The van der Waals surface area contributed by atoms with Gasteiger partial charge in [-0.25, -0.2) is 4.98 Å². The number of hydrogen-bond acceptors (Lipinski definition) is 3. The van der Waals surface area contributed by atoms with Gasteiger partial charge in [0.15, 0.2) is 0 Å². The van der Waals surface area contributed by atoms with E-state index in [2.05, 4.69) is 4.98 Å². The lowest BCUT2D eigenvalue weighted by molar-refractivity contribution is 0.339. The van der Waals surface area contributed by atoms with Crippen LogP contribution < -0.4 is 9.47 Å². The van der Waals surface area contributed by atoms with Crippen LogP contribution >= 0.6 is 0 Å². The van der Waals surface area contributed by atoms with Gasteiger partial charge >= 0.3 is 0 Å². The van der Waals surface area contributed by atoms with Gasteiger partial charge in [-0.3, -0.25) is 0 Å². The summed E-state index contributed by atoms with van der Waals surface area (Å²) >= 11 is 0. The molecule has 0 spiro atoms. The standard InChI is InChI=1S/C13H12FNO2/c1-2-16-10-3-5-11(6-4-10)17-12-7-8-15-13(14)9-12/h3-9H,2H2,1H3. The minimum Gasteiger partial charge on any atom is -0.494 e. The minimum atomic E-state index is -0.562. The van der Waals surface area contributed by atoms with Gasteiger partial charge in [-0.05, 0) is 37.3 Å². The van der Waals surface area contributed by atoms with E-state index in [0.29, 0.717) is 18.1 Å². The van der Waals surface area contributed by atoms with Gasteiger partial charge in [0.1, 0.15) is 17.2 Å². The first-order chi connectivity index (χ1) is 8.28. The molecule has 2 rings (SSSR count). The molecule has 17 heavy (non-hydrogen) atoms. The van der Waals surface area contributed by atoms with E-state index in [1.165, 1.54) is 12.3 Å². The summed E-state index contributed by atoms with van der Waals surface area (Å²) in [5.74, 6) is 1.26. The summed E-state index contributed by atoms with van der Waals surface area (Å²) < 4.78 is 23.6. The lowest BCUT2D eigenvalue weighted by Gasteiger charge is -2.07. The lowest BCUT2D eigenvalue weighted by Crippen LogP contribution is -1.91. The highest BCUT2D eigenvalue weighted by molar-refractivity contribution is 5.34. The minimum absolute atomic E-state index is 0.418. The summed E-state index contributed by atoms with van der Waals surface area (Å²) in [4.78, 5) is 3.45. The first kappa shape index (κ1) is 11.4. The van der Waals surface area contributed by atoms with Crippen LogP contribution in [0.15, 0.2) is 42.6 Å². The zero-order valence-corrected chi connectivity index (χ0v) is 9.39. The van der Waals surface area contributed by atoms with Gasteiger partial charge in [0, 0.05) is 12.3 Å². The van der Waals surface area contributed by atoms with Crippen LogP contribution in [-0.2, 0) is 0 Å². The summed E-state index contributed by atoms with van der Waals surface area (Å²) in [5, 5.41) is 0. The number of rotatable bonds is 4. The molecule has 1 aromatic carbocycles. The molecule has 0 amide bonds. The van der Waals surface area contributed by atoms with Gasteiger partial charge in [-0.15, -0.1) is 0 Å². The van der Waals surface area contributed by atoms with Gasteiger partial charge in [-0.1, -0.05) is 0 Å². The average molecular weight is 233 g/mol. The monoisotopic (exact) mass is 233 g/mol. The van der Waals surface area contributed by atoms with Gasteiger partial charge < -0.3 is 9.47 Å². The normalized spacial score (nSPS) is 10.0. The van der Waals surface area contributed by atoms with Gasteiger partial charge in [0.25, 0.3) is 0 Å². The van der Waals surface area contributed by atoms with Crippen molar-refractivity contribution in [2.45, 2.75) is 6.92 Å². The molecule has 4 heteroatoms. The summed E-state index contributed by atoms with van der Waals surface area (Å²) in [6, 6.07) is 9.97. The molecule has 1 heterocycles. The number of pyridine rings is 1. The molecule has 0 aliphatic carbocycles. The molecule has 0 unspecified atom stereocenters. The Labute approximate surface area is 98.8 Å². The first-order valence-corrected chi connectivity index (χ1v) is 5.30. The van der Waals surface area contributed by atoms with Crippen LogP contribution in [0.25, 0.3) is 0 Å². The van der Waals surface area contributed by atoms with Crippen molar-refractivity contribution in [2.75, 3.05) is 6.61 Å². The molecule has 0 bridgehead atoms. The topological polar surface area (TPSA) is 31.4 Å². The molecule has 0 radical (unpaired) electrons. The van der Waals surface area contributed by atoms with E-state index in [1.54, 1.807) is 30.3 Å². The highest BCUT2D eigenvalue weighted by Gasteiger charge is 2.00. The van der Waals surface area contributed by atoms with Crippen LogP contribution in [0.3, 0.4) is 0 Å². The Morgan fingerprint density at radius 2 is 1.76 bits per heavy atom. The van der Waals surface area contributed by atoms with Crippen LogP contribution in [-0.4, -0.2) is 11.6 Å². The number of aromatic nitrogens is 1. The van der Waals surface area contributed by atoms with E-state index >= 15 is 0 Å². The first-order valence-electron chi connectivity index (χ1n) is 5.30. The third-order valence-corrected chi connectivity index (χ3v) is 2.07. The second-order valence-electron chi connectivity index (χ2n) is 3.32. The molecular formula is C13H12FNO2. The highest BCUT2D eigenvalue weighted by Crippen LogP contribution is 2.23. The lowest BCUT2D eigenvalue weighted by atomic mass is 10.3. The van der Waals surface area contributed by atoms with Crippen molar-refractivity contribution in [3.05, 3.63) is 48.5 Å². The SMILES string of the molecule is CCOc1ccc(Oc2ccnc(F)c2)cc1. The molecule has 0 N–H and O–H groups in total. The maximum Gasteiger partial charge on any atom is 0.216 e. The fourth-order valence-corrected chi connectivity index (χ4v) is 1.35. The van der Waals surface area contributed by atoms with Gasteiger partial charge in [-0.2, -0.15) is 4.39 Å².